The molecule has 2 fully saturated rings. The van der Waals surface area contributed by atoms with Crippen molar-refractivity contribution in [2.75, 3.05) is 18.5 Å². The van der Waals surface area contributed by atoms with E-state index < -0.39 is 56.9 Å². The van der Waals surface area contributed by atoms with E-state index in [2.05, 4.69) is 10.3 Å². The highest BCUT2D eigenvalue weighted by molar-refractivity contribution is 7.48. The number of aliphatic hydroxyl groups is 2. The number of nitrogens with one attached hydrogen (secondary N) is 1. The van der Waals surface area contributed by atoms with Gasteiger partial charge in [0, 0.05) is 17.6 Å². The summed E-state index contributed by atoms with van der Waals surface area (Å²) in [6, 6.07) is 17.2. The van der Waals surface area contributed by atoms with Crippen LogP contribution >= 0.6 is 19.4 Å². The Balaban J connectivity index is 1.17. The van der Waals surface area contributed by atoms with Crippen LogP contribution in [0.5, 0.6) is 0 Å². The Morgan fingerprint density at radius 2 is 1.95 bits per heavy atom. The number of aliphatic hydroxyl groups excluding tert-OH is 2. The molecule has 3 heterocycles. The average molecular weight is 608 g/mol. The summed E-state index contributed by atoms with van der Waals surface area (Å²) in [6.45, 7) is -0.351. The van der Waals surface area contributed by atoms with Crippen LogP contribution in [-0.4, -0.2) is 57.4 Å². The molecule has 0 radical (unpaired) electrons. The quantitative estimate of drug-likeness (QED) is 0.320. The molecule has 15 heteroatoms. The van der Waals surface area contributed by atoms with Crippen LogP contribution in [0, 0.1) is 0 Å². The number of phosphoric acid groups is 1. The molecule has 2 aromatic carbocycles. The van der Waals surface area contributed by atoms with Crippen molar-refractivity contribution in [3.05, 3.63) is 93.5 Å². The predicted molar refractivity (Wildman–Crippen MR) is 144 cm³/mol. The number of anilines is 1. The third-order valence-corrected chi connectivity index (χ3v) is 8.10. The van der Waals surface area contributed by atoms with E-state index in [1.165, 1.54) is 12.3 Å². The number of phosphoric ester groups is 1. The highest BCUT2D eigenvalue weighted by Crippen LogP contribution is 2.57. The normalized spacial score (nSPS) is 27.8. The van der Waals surface area contributed by atoms with Gasteiger partial charge in [-0.3, -0.25) is 23.5 Å². The maximum atomic E-state index is 13.1. The molecular formula is C26H27ClN3O10P. The van der Waals surface area contributed by atoms with Crippen LogP contribution in [0.25, 0.3) is 0 Å². The molecule has 2 aliphatic heterocycles. The van der Waals surface area contributed by atoms with E-state index >= 15 is 0 Å². The number of nitrogens with zero attached hydrogens (tertiary/aromatic N) is 2. The number of hydrogen-bond acceptors (Lipinski definition) is 11. The van der Waals surface area contributed by atoms with Crippen molar-refractivity contribution in [2.24, 2.45) is 0 Å². The van der Waals surface area contributed by atoms with E-state index in [9.17, 15) is 24.4 Å². The van der Waals surface area contributed by atoms with Crippen LogP contribution in [0.3, 0.4) is 0 Å². The Kier molecular flexibility index (Phi) is 9.17. The summed E-state index contributed by atoms with van der Waals surface area (Å²) >= 11 is 6.04. The molecule has 0 aliphatic carbocycles. The maximum Gasteiger partial charge on any atom is 0.475 e. The molecule has 1 aromatic heterocycles. The number of carbonyl (C=O) groups excluding carboxylic acids is 1. The van der Waals surface area contributed by atoms with Gasteiger partial charge in [0.1, 0.15) is 30.7 Å². The van der Waals surface area contributed by atoms with E-state index in [0.717, 1.165) is 10.1 Å². The minimum Gasteiger partial charge on any atom is -0.444 e. The predicted octanol–water partition coefficient (Wildman–Crippen LogP) is 3.57. The number of benzene rings is 2. The summed E-state index contributed by atoms with van der Waals surface area (Å²) in [7, 11) is -4.04. The largest absolute Gasteiger partial charge is 0.475 e. The van der Waals surface area contributed by atoms with Crippen molar-refractivity contribution in [3.8, 4) is 0 Å². The standard InChI is InChI=1S/C26H27ClN3O10P/c27-18-8-4-7-17(13-18)19-10-12-37-41(35,40-19)38-15-20-22(31)23(32)24(39-20)30-11-9-21(28-25(30)33)29-26(34)36-14-16-5-2-1-3-6-16/h1-9,11,13,19-20,22-24,31-32H,10,12,14-15H2,(H,28,29,33,34)/t19-,20+,22+,23+,24+,41?/m0/s1. The summed E-state index contributed by atoms with van der Waals surface area (Å²) < 4.78 is 41.1. The number of ether oxygens (including phenoxy) is 2. The summed E-state index contributed by atoms with van der Waals surface area (Å²) in [6.07, 6.45) is -5.33. The van der Waals surface area contributed by atoms with Crippen molar-refractivity contribution >= 4 is 31.3 Å². The van der Waals surface area contributed by atoms with Gasteiger partial charge in [-0.05, 0) is 29.3 Å². The first-order chi connectivity index (χ1) is 19.7. The molecule has 3 aromatic rings. The molecule has 41 heavy (non-hydrogen) atoms. The van der Waals surface area contributed by atoms with Crippen molar-refractivity contribution in [1.29, 1.82) is 0 Å². The average Bonchev–Trinajstić information content (AvgIpc) is 3.24. The van der Waals surface area contributed by atoms with Gasteiger partial charge >= 0.3 is 19.6 Å². The van der Waals surface area contributed by atoms with E-state index in [4.69, 9.17) is 34.6 Å². The molecule has 218 valence electrons. The fraction of sp³-hybridized carbons (Fsp3) is 0.346. The Morgan fingerprint density at radius 3 is 2.71 bits per heavy atom. The minimum absolute atomic E-state index is 0.0253. The van der Waals surface area contributed by atoms with Crippen LogP contribution in [0.4, 0.5) is 10.6 Å². The molecule has 2 saturated heterocycles. The molecule has 13 nitrogen and oxygen atoms in total. The number of aromatic nitrogens is 2. The second kappa shape index (κ2) is 12.8. The summed E-state index contributed by atoms with van der Waals surface area (Å²) in [5, 5.41) is 23.9. The summed E-state index contributed by atoms with van der Waals surface area (Å²) in [5.74, 6) is -0.0869. The van der Waals surface area contributed by atoms with Gasteiger partial charge in [0.25, 0.3) is 0 Å². The zero-order valence-corrected chi connectivity index (χ0v) is 23.1. The van der Waals surface area contributed by atoms with Crippen molar-refractivity contribution in [1.82, 2.24) is 9.55 Å². The summed E-state index contributed by atoms with van der Waals surface area (Å²) in [4.78, 5) is 28.5. The third kappa shape index (κ3) is 7.21. The molecule has 5 rings (SSSR count). The van der Waals surface area contributed by atoms with Crippen LogP contribution < -0.4 is 11.0 Å². The SMILES string of the molecule is O=C(Nc1ccn([C@@H]2O[C@H](COP3(=O)OCC[C@@H](c4cccc(Cl)c4)O3)[C@@H](O)[C@H]2O)c(=O)n1)OCc1ccccc1. The molecule has 0 spiro atoms. The molecule has 6 atom stereocenters. The second-order valence-electron chi connectivity index (χ2n) is 9.25. The zero-order chi connectivity index (χ0) is 29.0. The minimum atomic E-state index is -4.04. The molecule has 1 amide bonds. The highest BCUT2D eigenvalue weighted by Gasteiger charge is 2.46. The van der Waals surface area contributed by atoms with Gasteiger partial charge < -0.3 is 19.7 Å². The molecule has 1 unspecified atom stereocenters. The first kappa shape index (κ1) is 29.4. The topological polar surface area (TPSA) is 168 Å². The Bertz CT molecular complexity index is 1480. The van der Waals surface area contributed by atoms with E-state index in [1.54, 1.807) is 48.5 Å². The fourth-order valence-corrected chi connectivity index (χ4v) is 5.91. The summed E-state index contributed by atoms with van der Waals surface area (Å²) in [5.41, 5.74) is 0.606. The maximum absolute atomic E-state index is 13.1. The van der Waals surface area contributed by atoms with Gasteiger partial charge in [0.2, 0.25) is 0 Å². The first-order valence-corrected chi connectivity index (χ1v) is 14.5. The molecule has 0 saturated carbocycles. The highest BCUT2D eigenvalue weighted by atomic mass is 35.5. The smallest absolute Gasteiger partial charge is 0.444 e. The van der Waals surface area contributed by atoms with Crippen LogP contribution in [0.2, 0.25) is 5.02 Å². The molecule has 3 N–H and O–H groups in total. The van der Waals surface area contributed by atoms with Crippen molar-refractivity contribution in [2.45, 2.75) is 43.7 Å². The van der Waals surface area contributed by atoms with Crippen molar-refractivity contribution < 1.29 is 42.6 Å². The second-order valence-corrected chi connectivity index (χ2v) is 11.3. The van der Waals surface area contributed by atoms with E-state index in [0.29, 0.717) is 17.0 Å². The number of halogens is 1. The lowest BCUT2D eigenvalue weighted by atomic mass is 10.1. The van der Waals surface area contributed by atoms with Crippen LogP contribution in [0.15, 0.2) is 71.7 Å². The van der Waals surface area contributed by atoms with Gasteiger partial charge in [-0.25, -0.2) is 14.2 Å². The van der Waals surface area contributed by atoms with Crippen LogP contribution in [0.1, 0.15) is 29.9 Å². The number of rotatable bonds is 8. The Hall–Kier alpha value is -3.13. The van der Waals surface area contributed by atoms with Gasteiger partial charge in [0.15, 0.2) is 6.23 Å². The lowest BCUT2D eigenvalue weighted by Gasteiger charge is -2.29. The lowest BCUT2D eigenvalue weighted by Crippen LogP contribution is -2.36. The van der Waals surface area contributed by atoms with E-state index in [1.807, 2.05) is 6.07 Å². The first-order valence-electron chi connectivity index (χ1n) is 12.6. The fourth-order valence-electron chi connectivity index (χ4n) is 4.31. The van der Waals surface area contributed by atoms with Gasteiger partial charge in [-0.1, -0.05) is 54.1 Å². The van der Waals surface area contributed by atoms with Gasteiger partial charge in [-0.2, -0.15) is 4.98 Å². The Morgan fingerprint density at radius 1 is 1.15 bits per heavy atom. The number of amides is 1. The number of carbonyl (C=O) groups is 1. The molecule has 0 bridgehead atoms. The third-order valence-electron chi connectivity index (χ3n) is 6.39. The van der Waals surface area contributed by atoms with Crippen LogP contribution in [-0.2, 0) is 34.2 Å². The molecule has 2 aliphatic rings. The molecular weight excluding hydrogens is 581 g/mol. The van der Waals surface area contributed by atoms with Gasteiger partial charge in [-0.15, -0.1) is 0 Å². The number of hydrogen-bond donors (Lipinski definition) is 3. The van der Waals surface area contributed by atoms with Gasteiger partial charge in [0.05, 0.1) is 19.3 Å². The van der Waals surface area contributed by atoms with E-state index in [-0.39, 0.29) is 19.0 Å². The van der Waals surface area contributed by atoms with Crippen molar-refractivity contribution in [3.63, 3.8) is 0 Å². The zero-order valence-electron chi connectivity index (χ0n) is 21.4. The lowest BCUT2D eigenvalue weighted by molar-refractivity contribution is -0.0609. The monoisotopic (exact) mass is 607 g/mol. The Labute approximate surface area is 239 Å².